The summed E-state index contributed by atoms with van der Waals surface area (Å²) in [7, 11) is 0. The van der Waals surface area contributed by atoms with Gasteiger partial charge in [-0.25, -0.2) is 0 Å². The molecule has 1 heterocycles. The van der Waals surface area contributed by atoms with Gasteiger partial charge in [0.15, 0.2) is 11.4 Å². The summed E-state index contributed by atoms with van der Waals surface area (Å²) < 4.78 is 0. The number of aliphatic hydroxyl groups is 1. The summed E-state index contributed by atoms with van der Waals surface area (Å²) in [5, 5.41) is 15.9. The SMILES string of the molecule is O=C(C[C@]1(O)C(=O)Nc2c(Cl)cc(Cl)cc21)c1ccc2ccccc2c1. The zero-order valence-electron chi connectivity index (χ0n) is 13.4. The monoisotopic (exact) mass is 385 g/mol. The van der Waals surface area contributed by atoms with Crippen molar-refractivity contribution in [3.8, 4) is 0 Å². The van der Waals surface area contributed by atoms with Crippen molar-refractivity contribution in [3.63, 3.8) is 0 Å². The van der Waals surface area contributed by atoms with Gasteiger partial charge < -0.3 is 10.4 Å². The molecule has 0 saturated carbocycles. The lowest BCUT2D eigenvalue weighted by Gasteiger charge is -2.20. The molecule has 1 amide bonds. The molecule has 3 aromatic rings. The van der Waals surface area contributed by atoms with Crippen LogP contribution < -0.4 is 5.32 Å². The Labute approximate surface area is 159 Å². The number of halogens is 2. The van der Waals surface area contributed by atoms with Gasteiger partial charge in [0.2, 0.25) is 0 Å². The number of carbonyl (C=O) groups excluding carboxylic acids is 2. The molecule has 0 unspecified atom stereocenters. The van der Waals surface area contributed by atoms with Gasteiger partial charge in [0.1, 0.15) is 0 Å². The van der Waals surface area contributed by atoms with Crippen LogP contribution in [0.3, 0.4) is 0 Å². The van der Waals surface area contributed by atoms with Crippen molar-refractivity contribution in [1.29, 1.82) is 0 Å². The maximum absolute atomic E-state index is 12.8. The fraction of sp³-hybridized carbons (Fsp3) is 0.100. The van der Waals surface area contributed by atoms with Crippen molar-refractivity contribution < 1.29 is 14.7 Å². The summed E-state index contributed by atoms with van der Waals surface area (Å²) in [5.74, 6) is -1.04. The molecule has 0 bridgehead atoms. The van der Waals surface area contributed by atoms with E-state index in [-0.39, 0.29) is 27.1 Å². The molecule has 2 N–H and O–H groups in total. The van der Waals surface area contributed by atoms with Crippen LogP contribution in [-0.2, 0) is 10.4 Å². The van der Waals surface area contributed by atoms with Crippen molar-refractivity contribution >= 4 is 51.4 Å². The summed E-state index contributed by atoms with van der Waals surface area (Å²) in [6.07, 6.45) is -0.402. The van der Waals surface area contributed by atoms with Crippen LogP contribution >= 0.6 is 23.2 Å². The first-order chi connectivity index (χ1) is 12.4. The van der Waals surface area contributed by atoms with E-state index in [1.807, 2.05) is 30.3 Å². The Balaban J connectivity index is 1.72. The molecular formula is C20H13Cl2NO3. The van der Waals surface area contributed by atoms with E-state index in [9.17, 15) is 14.7 Å². The predicted octanol–water partition coefficient (Wildman–Crippen LogP) is 4.56. The predicted molar refractivity (Wildman–Crippen MR) is 102 cm³/mol. The third-order valence-electron chi connectivity index (χ3n) is 4.60. The summed E-state index contributed by atoms with van der Waals surface area (Å²) >= 11 is 12.1. The second kappa shape index (κ2) is 6.09. The number of benzene rings is 3. The van der Waals surface area contributed by atoms with Gasteiger partial charge in [-0.15, -0.1) is 0 Å². The van der Waals surface area contributed by atoms with Crippen molar-refractivity contribution in [2.75, 3.05) is 5.32 Å². The Morgan fingerprint density at radius 2 is 1.77 bits per heavy atom. The molecule has 0 saturated heterocycles. The molecule has 1 atom stereocenters. The van der Waals surface area contributed by atoms with E-state index in [0.29, 0.717) is 5.56 Å². The second-order valence-corrected chi connectivity index (χ2v) is 7.13. The number of anilines is 1. The van der Waals surface area contributed by atoms with Gasteiger partial charge in [-0.2, -0.15) is 0 Å². The normalized spacial score (nSPS) is 18.7. The summed E-state index contributed by atoms with van der Waals surface area (Å²) in [5.41, 5.74) is -1.08. The van der Waals surface area contributed by atoms with Gasteiger partial charge in [0.05, 0.1) is 17.1 Å². The average Bonchev–Trinajstić information content (AvgIpc) is 2.86. The topological polar surface area (TPSA) is 66.4 Å². The smallest absolute Gasteiger partial charge is 0.261 e. The Bertz CT molecular complexity index is 1080. The highest BCUT2D eigenvalue weighted by atomic mass is 35.5. The molecule has 0 radical (unpaired) electrons. The number of carbonyl (C=O) groups is 2. The first-order valence-electron chi connectivity index (χ1n) is 7.94. The minimum atomic E-state index is -2.01. The first kappa shape index (κ1) is 17.0. The van der Waals surface area contributed by atoms with E-state index in [4.69, 9.17) is 23.2 Å². The minimum Gasteiger partial charge on any atom is -0.375 e. The van der Waals surface area contributed by atoms with Gasteiger partial charge in [-0.3, -0.25) is 9.59 Å². The summed E-state index contributed by atoms with van der Waals surface area (Å²) in [4.78, 5) is 25.1. The molecular weight excluding hydrogens is 373 g/mol. The summed E-state index contributed by atoms with van der Waals surface area (Å²) in [6, 6.07) is 15.8. The fourth-order valence-electron chi connectivity index (χ4n) is 3.24. The molecule has 3 aromatic carbocycles. The van der Waals surface area contributed by atoms with Crippen molar-refractivity contribution in [2.45, 2.75) is 12.0 Å². The number of fused-ring (bicyclic) bond motifs is 2. The van der Waals surface area contributed by atoms with Gasteiger partial charge in [0.25, 0.3) is 5.91 Å². The van der Waals surface area contributed by atoms with Crippen LogP contribution in [0.4, 0.5) is 5.69 Å². The molecule has 6 heteroatoms. The van der Waals surface area contributed by atoms with Crippen LogP contribution in [0.2, 0.25) is 10.0 Å². The van der Waals surface area contributed by atoms with Crippen LogP contribution in [0.15, 0.2) is 54.6 Å². The molecule has 0 aliphatic carbocycles. The maximum atomic E-state index is 12.8. The van der Waals surface area contributed by atoms with E-state index < -0.39 is 17.9 Å². The number of hydrogen-bond donors (Lipinski definition) is 2. The summed E-state index contributed by atoms with van der Waals surface area (Å²) in [6.45, 7) is 0. The highest BCUT2D eigenvalue weighted by Gasteiger charge is 2.47. The van der Waals surface area contributed by atoms with Gasteiger partial charge in [-0.1, -0.05) is 59.6 Å². The molecule has 4 rings (SSSR count). The number of ketones is 1. The maximum Gasteiger partial charge on any atom is 0.261 e. The van der Waals surface area contributed by atoms with Crippen molar-refractivity contribution in [2.24, 2.45) is 0 Å². The molecule has 0 fully saturated rings. The van der Waals surface area contributed by atoms with Crippen molar-refractivity contribution in [1.82, 2.24) is 0 Å². The van der Waals surface area contributed by atoms with Crippen molar-refractivity contribution in [3.05, 3.63) is 75.8 Å². The minimum absolute atomic E-state index is 0.217. The highest BCUT2D eigenvalue weighted by Crippen LogP contribution is 2.44. The molecule has 130 valence electrons. The lowest BCUT2D eigenvalue weighted by Crippen LogP contribution is -2.36. The third kappa shape index (κ3) is 2.67. The number of hydrogen-bond acceptors (Lipinski definition) is 3. The van der Waals surface area contributed by atoms with E-state index in [2.05, 4.69) is 5.32 Å². The Kier molecular flexibility index (Phi) is 3.99. The Morgan fingerprint density at radius 1 is 1.04 bits per heavy atom. The molecule has 0 aromatic heterocycles. The van der Waals surface area contributed by atoms with Crippen LogP contribution in [0.1, 0.15) is 22.3 Å². The van der Waals surface area contributed by atoms with Crippen LogP contribution in [-0.4, -0.2) is 16.8 Å². The molecule has 1 aliphatic heterocycles. The largest absolute Gasteiger partial charge is 0.375 e. The highest BCUT2D eigenvalue weighted by molar-refractivity contribution is 6.37. The lowest BCUT2D eigenvalue weighted by atomic mass is 9.87. The quantitative estimate of drug-likeness (QED) is 0.649. The van der Waals surface area contributed by atoms with Crippen LogP contribution in [0.25, 0.3) is 10.8 Å². The molecule has 4 nitrogen and oxygen atoms in total. The molecule has 0 spiro atoms. The fourth-order valence-corrected chi connectivity index (χ4v) is 3.78. The lowest BCUT2D eigenvalue weighted by molar-refractivity contribution is -0.133. The Hall–Kier alpha value is -2.40. The van der Waals surface area contributed by atoms with E-state index in [0.717, 1.165) is 10.8 Å². The zero-order valence-corrected chi connectivity index (χ0v) is 14.9. The average molecular weight is 386 g/mol. The standard InChI is InChI=1S/C20H13Cl2NO3/c21-14-8-15-18(16(22)9-14)23-19(25)20(15,26)10-17(24)13-6-5-11-3-1-2-4-12(11)7-13/h1-9,26H,10H2,(H,23,25)/t20-/m1/s1. The molecule has 1 aliphatic rings. The van der Waals surface area contributed by atoms with Crippen LogP contribution in [0, 0.1) is 0 Å². The van der Waals surface area contributed by atoms with Gasteiger partial charge in [0, 0.05) is 16.1 Å². The second-order valence-electron chi connectivity index (χ2n) is 6.29. The third-order valence-corrected chi connectivity index (χ3v) is 5.12. The number of nitrogens with one attached hydrogen (secondary N) is 1. The zero-order chi connectivity index (χ0) is 18.5. The van der Waals surface area contributed by atoms with E-state index >= 15 is 0 Å². The van der Waals surface area contributed by atoms with E-state index in [1.54, 1.807) is 12.1 Å². The number of Topliss-reactive ketones (excluding diaryl/α,β-unsaturated/α-hetero) is 1. The van der Waals surface area contributed by atoms with E-state index in [1.165, 1.54) is 12.1 Å². The van der Waals surface area contributed by atoms with Crippen LogP contribution in [0.5, 0.6) is 0 Å². The first-order valence-corrected chi connectivity index (χ1v) is 8.69. The Morgan fingerprint density at radius 3 is 2.54 bits per heavy atom. The molecule has 26 heavy (non-hydrogen) atoms. The number of rotatable bonds is 3. The van der Waals surface area contributed by atoms with Gasteiger partial charge in [-0.05, 0) is 29.0 Å². The number of amides is 1. The van der Waals surface area contributed by atoms with Gasteiger partial charge >= 0.3 is 0 Å².